The molecule has 0 spiro atoms. The first-order valence-corrected chi connectivity index (χ1v) is 13.5. The van der Waals surface area contributed by atoms with Crippen molar-refractivity contribution in [2.75, 3.05) is 0 Å². The number of furan rings is 2. The predicted octanol–water partition coefficient (Wildman–Crippen LogP) is 10.6. The molecule has 0 radical (unpaired) electrons. The number of para-hydroxylation sites is 1. The van der Waals surface area contributed by atoms with Gasteiger partial charge in [0.1, 0.15) is 22.3 Å². The SMILES string of the molecule is CC1(C)c2ccccc2-c2ccc(-c3ccc4oc5c(ccc6c5ccc5oc7ccccc7c56)c4c3)cc21. The molecule has 0 unspecified atom stereocenters. The van der Waals surface area contributed by atoms with Gasteiger partial charge in [-0.3, -0.25) is 0 Å². The minimum atomic E-state index is -0.0180. The number of hydrogen-bond donors (Lipinski definition) is 0. The summed E-state index contributed by atoms with van der Waals surface area (Å²) < 4.78 is 12.6. The molecule has 0 N–H and O–H groups in total. The highest BCUT2D eigenvalue weighted by Crippen LogP contribution is 2.49. The van der Waals surface area contributed by atoms with Gasteiger partial charge in [0.25, 0.3) is 0 Å². The third-order valence-electron chi connectivity index (χ3n) is 8.89. The Bertz CT molecular complexity index is 2310. The zero-order valence-electron chi connectivity index (χ0n) is 21.7. The van der Waals surface area contributed by atoms with Gasteiger partial charge in [-0.05, 0) is 81.2 Å². The standard InChI is InChI=1S/C37H24O2/c1-37(2)30-9-5-3-7-23(30)24-13-11-22(20-31(24)37)21-12-17-33-29(19-21)27-15-14-25-26(36(27)39-33)16-18-34-35(25)28-8-4-6-10-32(28)38-34/h3-20H,1-2H3. The average molecular weight is 501 g/mol. The summed E-state index contributed by atoms with van der Waals surface area (Å²) in [7, 11) is 0. The third-order valence-corrected chi connectivity index (χ3v) is 8.89. The Kier molecular flexibility index (Phi) is 3.89. The fourth-order valence-corrected chi connectivity index (χ4v) is 6.93. The molecule has 2 heteroatoms. The summed E-state index contributed by atoms with van der Waals surface area (Å²) in [4.78, 5) is 0. The maximum Gasteiger partial charge on any atom is 0.143 e. The number of benzene rings is 6. The Morgan fingerprint density at radius 1 is 0.462 bits per heavy atom. The van der Waals surface area contributed by atoms with Crippen LogP contribution in [0.15, 0.2) is 118 Å². The minimum absolute atomic E-state index is 0.0180. The largest absolute Gasteiger partial charge is 0.456 e. The molecule has 9 rings (SSSR count). The highest BCUT2D eigenvalue weighted by Gasteiger charge is 2.35. The molecule has 39 heavy (non-hydrogen) atoms. The molecule has 0 bridgehead atoms. The molecule has 0 saturated heterocycles. The second-order valence-corrected chi connectivity index (χ2v) is 11.3. The van der Waals surface area contributed by atoms with Crippen molar-refractivity contribution < 1.29 is 8.83 Å². The van der Waals surface area contributed by atoms with Crippen LogP contribution in [0.1, 0.15) is 25.0 Å². The van der Waals surface area contributed by atoms with Gasteiger partial charge in [-0.1, -0.05) is 80.6 Å². The highest BCUT2D eigenvalue weighted by atomic mass is 16.3. The van der Waals surface area contributed by atoms with Gasteiger partial charge in [0.2, 0.25) is 0 Å². The summed E-state index contributed by atoms with van der Waals surface area (Å²) in [5.74, 6) is 0. The lowest BCUT2D eigenvalue weighted by molar-refractivity contribution is 0.660. The lowest BCUT2D eigenvalue weighted by Crippen LogP contribution is -2.14. The molecular formula is C37H24O2. The third kappa shape index (κ3) is 2.71. The zero-order valence-corrected chi connectivity index (χ0v) is 21.7. The molecule has 0 saturated carbocycles. The van der Waals surface area contributed by atoms with Crippen LogP contribution in [0.25, 0.3) is 76.9 Å². The van der Waals surface area contributed by atoms with Gasteiger partial charge in [-0.2, -0.15) is 0 Å². The van der Waals surface area contributed by atoms with E-state index < -0.39 is 0 Å². The normalized spacial score (nSPS) is 14.1. The van der Waals surface area contributed by atoms with Crippen molar-refractivity contribution in [1.82, 2.24) is 0 Å². The quantitative estimate of drug-likeness (QED) is 0.224. The first-order chi connectivity index (χ1) is 19.1. The van der Waals surface area contributed by atoms with E-state index in [1.165, 1.54) is 33.4 Å². The summed E-state index contributed by atoms with van der Waals surface area (Å²) in [6, 6.07) is 39.2. The Hall–Kier alpha value is -4.82. The van der Waals surface area contributed by atoms with Gasteiger partial charge in [0, 0.05) is 32.3 Å². The molecule has 0 atom stereocenters. The van der Waals surface area contributed by atoms with E-state index in [4.69, 9.17) is 8.83 Å². The molecule has 6 aromatic carbocycles. The van der Waals surface area contributed by atoms with Crippen LogP contribution >= 0.6 is 0 Å². The van der Waals surface area contributed by atoms with Gasteiger partial charge >= 0.3 is 0 Å². The van der Waals surface area contributed by atoms with Crippen LogP contribution < -0.4 is 0 Å². The molecular weight excluding hydrogens is 476 g/mol. The maximum atomic E-state index is 6.51. The van der Waals surface area contributed by atoms with E-state index in [0.717, 1.165) is 54.6 Å². The summed E-state index contributed by atoms with van der Waals surface area (Å²) in [5.41, 5.74) is 11.6. The molecule has 0 fully saturated rings. The number of rotatable bonds is 1. The highest BCUT2D eigenvalue weighted by molar-refractivity contribution is 6.25. The monoisotopic (exact) mass is 500 g/mol. The first-order valence-electron chi connectivity index (χ1n) is 13.5. The van der Waals surface area contributed by atoms with E-state index in [-0.39, 0.29) is 5.41 Å². The second kappa shape index (κ2) is 7.18. The predicted molar refractivity (Wildman–Crippen MR) is 162 cm³/mol. The van der Waals surface area contributed by atoms with Gasteiger partial charge in [-0.15, -0.1) is 0 Å². The van der Waals surface area contributed by atoms with Crippen LogP contribution in [0.3, 0.4) is 0 Å². The van der Waals surface area contributed by atoms with Crippen LogP contribution in [-0.2, 0) is 5.41 Å². The Balaban J connectivity index is 1.24. The lowest BCUT2D eigenvalue weighted by atomic mass is 9.81. The molecule has 1 aliphatic rings. The van der Waals surface area contributed by atoms with Crippen molar-refractivity contribution in [3.05, 3.63) is 120 Å². The fraction of sp³-hybridized carbons (Fsp3) is 0.0811. The molecule has 184 valence electrons. The summed E-state index contributed by atoms with van der Waals surface area (Å²) in [6.07, 6.45) is 0. The fourth-order valence-electron chi connectivity index (χ4n) is 6.93. The second-order valence-electron chi connectivity index (χ2n) is 11.3. The average Bonchev–Trinajstić information content (AvgIpc) is 3.61. The minimum Gasteiger partial charge on any atom is -0.456 e. The van der Waals surface area contributed by atoms with Crippen molar-refractivity contribution in [2.24, 2.45) is 0 Å². The number of fused-ring (bicyclic) bond motifs is 12. The van der Waals surface area contributed by atoms with Crippen LogP contribution in [0.4, 0.5) is 0 Å². The Morgan fingerprint density at radius 3 is 2.08 bits per heavy atom. The summed E-state index contributed by atoms with van der Waals surface area (Å²) in [5, 5.41) is 6.83. The lowest BCUT2D eigenvalue weighted by Gasteiger charge is -2.22. The molecule has 2 nitrogen and oxygen atoms in total. The van der Waals surface area contributed by atoms with Crippen molar-refractivity contribution >= 4 is 54.6 Å². The molecule has 1 aliphatic carbocycles. The van der Waals surface area contributed by atoms with Crippen LogP contribution in [0.5, 0.6) is 0 Å². The van der Waals surface area contributed by atoms with Gasteiger partial charge < -0.3 is 8.83 Å². The maximum absolute atomic E-state index is 6.51. The van der Waals surface area contributed by atoms with E-state index in [1.54, 1.807) is 0 Å². The Labute approximate surface area is 225 Å². The summed E-state index contributed by atoms with van der Waals surface area (Å²) >= 11 is 0. The smallest absolute Gasteiger partial charge is 0.143 e. The van der Waals surface area contributed by atoms with Gasteiger partial charge in [0.15, 0.2) is 0 Å². The first kappa shape index (κ1) is 21.2. The van der Waals surface area contributed by atoms with Crippen LogP contribution in [-0.4, -0.2) is 0 Å². The molecule has 2 aromatic heterocycles. The van der Waals surface area contributed by atoms with Crippen molar-refractivity contribution in [2.45, 2.75) is 19.3 Å². The zero-order chi connectivity index (χ0) is 25.9. The van der Waals surface area contributed by atoms with Crippen molar-refractivity contribution in [1.29, 1.82) is 0 Å². The van der Waals surface area contributed by atoms with Crippen molar-refractivity contribution in [3.8, 4) is 22.3 Å². The molecule has 8 aromatic rings. The van der Waals surface area contributed by atoms with Crippen LogP contribution in [0, 0.1) is 0 Å². The van der Waals surface area contributed by atoms with Crippen molar-refractivity contribution in [3.63, 3.8) is 0 Å². The number of hydrogen-bond acceptors (Lipinski definition) is 2. The van der Waals surface area contributed by atoms with E-state index in [2.05, 4.69) is 111 Å². The summed E-state index contributed by atoms with van der Waals surface area (Å²) in [6.45, 7) is 4.67. The van der Waals surface area contributed by atoms with E-state index >= 15 is 0 Å². The van der Waals surface area contributed by atoms with Gasteiger partial charge in [0.05, 0.1) is 0 Å². The van der Waals surface area contributed by atoms with E-state index in [1.807, 2.05) is 12.1 Å². The molecule has 2 heterocycles. The van der Waals surface area contributed by atoms with Crippen LogP contribution in [0.2, 0.25) is 0 Å². The van der Waals surface area contributed by atoms with E-state index in [9.17, 15) is 0 Å². The Morgan fingerprint density at radius 2 is 1.13 bits per heavy atom. The molecule has 0 aliphatic heterocycles. The van der Waals surface area contributed by atoms with E-state index in [0.29, 0.717) is 0 Å². The van der Waals surface area contributed by atoms with Gasteiger partial charge in [-0.25, -0.2) is 0 Å². The molecule has 0 amide bonds. The topological polar surface area (TPSA) is 26.3 Å².